The van der Waals surface area contributed by atoms with E-state index in [1.807, 2.05) is 0 Å². The number of imide groups is 1. The Morgan fingerprint density at radius 3 is 2.35 bits per heavy atom. The summed E-state index contributed by atoms with van der Waals surface area (Å²) >= 11 is 0. The molecule has 1 heterocycles. The first kappa shape index (κ1) is 12.6. The van der Waals surface area contributed by atoms with E-state index in [0.29, 0.717) is 17.5 Å². The largest absolute Gasteiger partial charge is 0.469 e. The van der Waals surface area contributed by atoms with Gasteiger partial charge in [0.1, 0.15) is 0 Å². The molecule has 102 valence electrons. The molecule has 1 aliphatic heterocycles. The lowest BCUT2D eigenvalue weighted by Gasteiger charge is -2.26. The summed E-state index contributed by atoms with van der Waals surface area (Å²) in [5, 5.41) is 0. The van der Waals surface area contributed by atoms with Crippen molar-refractivity contribution in [2.75, 3.05) is 7.11 Å². The van der Waals surface area contributed by atoms with Crippen LogP contribution in [0.3, 0.4) is 0 Å². The highest BCUT2D eigenvalue weighted by Crippen LogP contribution is 2.32. The van der Waals surface area contributed by atoms with E-state index >= 15 is 0 Å². The Bertz CT molecular complexity index is 600. The number of amides is 2. The van der Waals surface area contributed by atoms with E-state index in [1.54, 1.807) is 36.4 Å². The Balaban J connectivity index is 1.95. The maximum Gasteiger partial charge on any atom is 0.314 e. The molecule has 1 aromatic carbocycles. The second-order valence-electron chi connectivity index (χ2n) is 4.81. The van der Waals surface area contributed by atoms with Gasteiger partial charge in [0, 0.05) is 0 Å². The van der Waals surface area contributed by atoms with Gasteiger partial charge in [0.15, 0.2) is 0 Å². The summed E-state index contributed by atoms with van der Waals surface area (Å²) in [6.45, 7) is 0. The highest BCUT2D eigenvalue weighted by Gasteiger charge is 2.45. The lowest BCUT2D eigenvalue weighted by molar-refractivity contribution is -0.144. The fourth-order valence-corrected chi connectivity index (χ4v) is 2.79. The highest BCUT2D eigenvalue weighted by atomic mass is 16.5. The van der Waals surface area contributed by atoms with Gasteiger partial charge in [-0.3, -0.25) is 19.3 Å². The van der Waals surface area contributed by atoms with Gasteiger partial charge in [-0.15, -0.1) is 0 Å². The molecule has 1 aliphatic carbocycles. The molecule has 0 N–H and O–H groups in total. The number of benzene rings is 1. The maximum atomic E-state index is 12.4. The zero-order chi connectivity index (χ0) is 14.3. The van der Waals surface area contributed by atoms with Gasteiger partial charge in [0.25, 0.3) is 11.8 Å². The number of rotatable bonds is 2. The zero-order valence-corrected chi connectivity index (χ0v) is 10.9. The van der Waals surface area contributed by atoms with E-state index in [0.717, 1.165) is 0 Å². The zero-order valence-electron chi connectivity index (χ0n) is 10.9. The SMILES string of the molecule is COC(=O)C1C=CCC1N1C(=O)c2ccccc2C1=O. The van der Waals surface area contributed by atoms with Crippen molar-refractivity contribution in [3.8, 4) is 0 Å². The maximum absolute atomic E-state index is 12.4. The molecule has 2 aliphatic rings. The lowest BCUT2D eigenvalue weighted by Crippen LogP contribution is -2.44. The number of ether oxygens (including phenoxy) is 1. The van der Waals surface area contributed by atoms with Gasteiger partial charge in [0.05, 0.1) is 30.2 Å². The van der Waals surface area contributed by atoms with Gasteiger partial charge >= 0.3 is 5.97 Å². The summed E-state index contributed by atoms with van der Waals surface area (Å²) in [5.74, 6) is -1.69. The van der Waals surface area contributed by atoms with Crippen LogP contribution in [0.2, 0.25) is 0 Å². The molecular weight excluding hydrogens is 258 g/mol. The summed E-state index contributed by atoms with van der Waals surface area (Å²) < 4.78 is 4.73. The van der Waals surface area contributed by atoms with Gasteiger partial charge in [-0.2, -0.15) is 0 Å². The fourth-order valence-electron chi connectivity index (χ4n) is 2.79. The summed E-state index contributed by atoms with van der Waals surface area (Å²) in [6.07, 6.45) is 3.97. The van der Waals surface area contributed by atoms with E-state index < -0.39 is 17.9 Å². The van der Waals surface area contributed by atoms with Crippen LogP contribution in [0, 0.1) is 5.92 Å². The van der Waals surface area contributed by atoms with E-state index in [2.05, 4.69) is 0 Å². The standard InChI is InChI=1S/C15H13NO4/c1-20-15(19)11-7-4-8-12(11)16-13(17)9-5-2-3-6-10(9)14(16)18/h2-7,11-12H,8H2,1H3. The van der Waals surface area contributed by atoms with Crippen molar-refractivity contribution in [1.29, 1.82) is 0 Å². The van der Waals surface area contributed by atoms with Crippen LogP contribution in [0.15, 0.2) is 36.4 Å². The van der Waals surface area contributed by atoms with E-state index in [1.165, 1.54) is 12.0 Å². The molecule has 0 fully saturated rings. The molecule has 0 saturated heterocycles. The van der Waals surface area contributed by atoms with Crippen molar-refractivity contribution < 1.29 is 19.1 Å². The predicted octanol–water partition coefficient (Wildman–Crippen LogP) is 1.40. The number of hydrogen-bond donors (Lipinski definition) is 0. The number of hydrogen-bond acceptors (Lipinski definition) is 4. The van der Waals surface area contributed by atoms with Crippen molar-refractivity contribution in [2.45, 2.75) is 12.5 Å². The summed E-state index contributed by atoms with van der Waals surface area (Å²) in [4.78, 5) is 37.7. The second kappa shape index (κ2) is 4.59. The molecule has 3 rings (SSSR count). The minimum atomic E-state index is -0.581. The van der Waals surface area contributed by atoms with Gasteiger partial charge in [-0.1, -0.05) is 24.3 Å². The van der Waals surface area contributed by atoms with Gasteiger partial charge in [-0.25, -0.2) is 0 Å². The minimum absolute atomic E-state index is 0.340. The van der Waals surface area contributed by atoms with Crippen LogP contribution in [0.5, 0.6) is 0 Å². The average molecular weight is 271 g/mol. The molecule has 0 saturated carbocycles. The number of fused-ring (bicyclic) bond motifs is 1. The number of esters is 1. The molecule has 0 bridgehead atoms. The van der Waals surface area contributed by atoms with Crippen LogP contribution >= 0.6 is 0 Å². The molecule has 1 aromatic rings. The molecule has 2 atom stereocenters. The number of carbonyl (C=O) groups is 3. The van der Waals surface area contributed by atoms with Gasteiger partial charge in [0.2, 0.25) is 0 Å². The van der Waals surface area contributed by atoms with E-state index in [9.17, 15) is 14.4 Å². The Morgan fingerprint density at radius 1 is 1.20 bits per heavy atom. The third kappa shape index (κ3) is 1.66. The van der Waals surface area contributed by atoms with Crippen LogP contribution < -0.4 is 0 Å². The predicted molar refractivity (Wildman–Crippen MR) is 70.0 cm³/mol. The monoisotopic (exact) mass is 271 g/mol. The first-order chi connectivity index (χ1) is 9.65. The van der Waals surface area contributed by atoms with Crippen molar-refractivity contribution in [3.05, 3.63) is 47.5 Å². The third-order valence-electron chi connectivity index (χ3n) is 3.77. The fraction of sp³-hybridized carbons (Fsp3) is 0.267. The van der Waals surface area contributed by atoms with Crippen LogP contribution in [-0.2, 0) is 9.53 Å². The molecule has 2 amide bonds. The Kier molecular flexibility index (Phi) is 2.89. The topological polar surface area (TPSA) is 63.7 Å². The first-order valence-electron chi connectivity index (χ1n) is 6.36. The molecule has 0 spiro atoms. The van der Waals surface area contributed by atoms with Crippen LogP contribution in [0.1, 0.15) is 27.1 Å². The quantitative estimate of drug-likeness (QED) is 0.463. The van der Waals surface area contributed by atoms with Gasteiger partial charge in [-0.05, 0) is 18.6 Å². The van der Waals surface area contributed by atoms with Crippen molar-refractivity contribution in [1.82, 2.24) is 4.90 Å². The van der Waals surface area contributed by atoms with Crippen LogP contribution in [0.4, 0.5) is 0 Å². The molecule has 5 heteroatoms. The lowest BCUT2D eigenvalue weighted by atomic mass is 10.0. The third-order valence-corrected chi connectivity index (χ3v) is 3.77. The minimum Gasteiger partial charge on any atom is -0.469 e. The Hall–Kier alpha value is -2.43. The van der Waals surface area contributed by atoms with E-state index in [4.69, 9.17) is 4.74 Å². The molecule has 20 heavy (non-hydrogen) atoms. The normalized spacial score (nSPS) is 24.1. The smallest absolute Gasteiger partial charge is 0.314 e. The molecule has 0 aromatic heterocycles. The Morgan fingerprint density at radius 2 is 1.80 bits per heavy atom. The number of carbonyl (C=O) groups excluding carboxylic acids is 3. The summed E-state index contributed by atoms with van der Waals surface area (Å²) in [7, 11) is 1.30. The average Bonchev–Trinajstić information content (AvgIpc) is 3.03. The summed E-state index contributed by atoms with van der Waals surface area (Å²) in [5.41, 5.74) is 0.793. The molecular formula is C15H13NO4. The molecule has 0 radical (unpaired) electrons. The Labute approximate surface area is 115 Å². The summed E-state index contributed by atoms with van der Waals surface area (Å²) in [6, 6.07) is 6.21. The van der Waals surface area contributed by atoms with Crippen molar-refractivity contribution >= 4 is 17.8 Å². The second-order valence-corrected chi connectivity index (χ2v) is 4.81. The van der Waals surface area contributed by atoms with Crippen molar-refractivity contribution in [2.24, 2.45) is 5.92 Å². The molecule has 2 unspecified atom stereocenters. The van der Waals surface area contributed by atoms with Crippen LogP contribution in [-0.4, -0.2) is 35.8 Å². The van der Waals surface area contributed by atoms with Crippen molar-refractivity contribution in [3.63, 3.8) is 0 Å². The van der Waals surface area contributed by atoms with Crippen LogP contribution in [0.25, 0.3) is 0 Å². The number of nitrogens with zero attached hydrogens (tertiary/aromatic N) is 1. The highest BCUT2D eigenvalue weighted by molar-refractivity contribution is 6.21. The molecule has 5 nitrogen and oxygen atoms in total. The number of methoxy groups -OCH3 is 1. The van der Waals surface area contributed by atoms with E-state index in [-0.39, 0.29) is 11.8 Å². The first-order valence-corrected chi connectivity index (χ1v) is 6.36. The van der Waals surface area contributed by atoms with Gasteiger partial charge < -0.3 is 4.74 Å².